The van der Waals surface area contributed by atoms with Gasteiger partial charge in [0.2, 0.25) is 0 Å². The van der Waals surface area contributed by atoms with Crippen LogP contribution in [0, 0.1) is 0 Å². The summed E-state index contributed by atoms with van der Waals surface area (Å²) in [6.45, 7) is 7.99. The van der Waals surface area contributed by atoms with Gasteiger partial charge in [0.15, 0.2) is 5.78 Å². The Kier molecular flexibility index (Phi) is 6.89. The van der Waals surface area contributed by atoms with Gasteiger partial charge in [0, 0.05) is 20.0 Å². The molecule has 5 nitrogen and oxygen atoms in total. The molecular formula is C17H27F2NO4. The molecule has 3 atom stereocenters. The molecule has 7 heteroatoms. The second-order valence-corrected chi connectivity index (χ2v) is 7.17. The summed E-state index contributed by atoms with van der Waals surface area (Å²) in [4.78, 5) is 25.8. The van der Waals surface area contributed by atoms with E-state index < -0.39 is 35.8 Å². The van der Waals surface area contributed by atoms with Crippen molar-refractivity contribution in [3.63, 3.8) is 0 Å². The fourth-order valence-corrected chi connectivity index (χ4v) is 2.55. The van der Waals surface area contributed by atoms with Gasteiger partial charge in [-0.1, -0.05) is 0 Å². The zero-order valence-corrected chi connectivity index (χ0v) is 15.2. The SMILES string of the molecule is CO[C@H]1[C@@H](C(=O)CCC(F)=C(C)C)N(C(=O)OC(C)(C)C)C[C@@H]1F. The van der Waals surface area contributed by atoms with Crippen LogP contribution < -0.4 is 0 Å². The number of ether oxygens (including phenoxy) is 2. The van der Waals surface area contributed by atoms with Crippen LogP contribution in [0.5, 0.6) is 0 Å². The van der Waals surface area contributed by atoms with E-state index in [1.807, 2.05) is 0 Å². The zero-order valence-electron chi connectivity index (χ0n) is 15.2. The first-order valence-corrected chi connectivity index (χ1v) is 7.99. The van der Waals surface area contributed by atoms with Crippen molar-refractivity contribution in [2.75, 3.05) is 13.7 Å². The number of ketones is 1. The van der Waals surface area contributed by atoms with Crippen LogP contribution in [0.3, 0.4) is 0 Å². The van der Waals surface area contributed by atoms with Crippen molar-refractivity contribution in [1.29, 1.82) is 0 Å². The highest BCUT2D eigenvalue weighted by Gasteiger charge is 2.49. The van der Waals surface area contributed by atoms with Crippen LogP contribution >= 0.6 is 0 Å². The number of allylic oxidation sites excluding steroid dienone is 2. The van der Waals surface area contributed by atoms with E-state index >= 15 is 0 Å². The first-order valence-electron chi connectivity index (χ1n) is 7.99. The summed E-state index contributed by atoms with van der Waals surface area (Å²) in [5.74, 6) is -0.819. The Morgan fingerprint density at radius 2 is 1.79 bits per heavy atom. The third-order valence-corrected chi connectivity index (χ3v) is 3.74. The molecule has 0 aliphatic carbocycles. The van der Waals surface area contributed by atoms with Gasteiger partial charge in [-0.3, -0.25) is 9.69 Å². The molecule has 0 bridgehead atoms. The van der Waals surface area contributed by atoms with Crippen LogP contribution in [-0.2, 0) is 14.3 Å². The number of hydrogen-bond acceptors (Lipinski definition) is 4. The second kappa shape index (κ2) is 8.05. The number of amides is 1. The Morgan fingerprint density at radius 3 is 2.25 bits per heavy atom. The fraction of sp³-hybridized carbons (Fsp3) is 0.765. The highest BCUT2D eigenvalue weighted by molar-refractivity contribution is 5.89. The number of nitrogens with zero attached hydrogens (tertiary/aromatic N) is 1. The number of halogens is 2. The van der Waals surface area contributed by atoms with Crippen molar-refractivity contribution in [3.05, 3.63) is 11.4 Å². The number of carbonyl (C=O) groups is 2. The zero-order chi connectivity index (χ0) is 18.7. The van der Waals surface area contributed by atoms with E-state index in [-0.39, 0.29) is 25.2 Å². The average Bonchev–Trinajstić information content (AvgIpc) is 2.79. The van der Waals surface area contributed by atoms with E-state index in [1.165, 1.54) is 7.11 Å². The first kappa shape index (κ1) is 20.5. The molecule has 1 heterocycles. The lowest BCUT2D eigenvalue weighted by atomic mass is 10.0. The Labute approximate surface area is 142 Å². The van der Waals surface area contributed by atoms with Gasteiger partial charge in [-0.15, -0.1) is 0 Å². The Morgan fingerprint density at radius 1 is 1.21 bits per heavy atom. The van der Waals surface area contributed by atoms with Crippen LogP contribution in [0.2, 0.25) is 0 Å². The normalized spacial score (nSPS) is 24.0. The largest absolute Gasteiger partial charge is 0.444 e. The summed E-state index contributed by atoms with van der Waals surface area (Å²) in [6.07, 6.45) is -3.55. The second-order valence-electron chi connectivity index (χ2n) is 7.17. The molecule has 1 rings (SSSR count). The lowest BCUT2D eigenvalue weighted by molar-refractivity contribution is -0.127. The molecule has 1 saturated heterocycles. The first-order chi connectivity index (χ1) is 11.0. The van der Waals surface area contributed by atoms with Crippen LogP contribution in [0.15, 0.2) is 11.4 Å². The van der Waals surface area contributed by atoms with E-state index in [4.69, 9.17) is 9.47 Å². The van der Waals surface area contributed by atoms with E-state index in [0.29, 0.717) is 5.57 Å². The Bertz CT molecular complexity index is 509. The molecule has 24 heavy (non-hydrogen) atoms. The summed E-state index contributed by atoms with van der Waals surface area (Å²) in [6, 6.07) is -1.11. The predicted molar refractivity (Wildman–Crippen MR) is 86.1 cm³/mol. The summed E-state index contributed by atoms with van der Waals surface area (Å²) in [5.41, 5.74) is -0.277. The molecular weight excluding hydrogens is 320 g/mol. The summed E-state index contributed by atoms with van der Waals surface area (Å²) in [7, 11) is 1.28. The van der Waals surface area contributed by atoms with E-state index in [0.717, 1.165) is 4.90 Å². The van der Waals surface area contributed by atoms with Crippen molar-refractivity contribution >= 4 is 11.9 Å². The van der Waals surface area contributed by atoms with Crippen LogP contribution in [0.25, 0.3) is 0 Å². The van der Waals surface area contributed by atoms with Crippen molar-refractivity contribution in [2.45, 2.75) is 71.4 Å². The van der Waals surface area contributed by atoms with Gasteiger partial charge < -0.3 is 9.47 Å². The quantitative estimate of drug-likeness (QED) is 0.763. The van der Waals surface area contributed by atoms with Crippen LogP contribution in [0.4, 0.5) is 13.6 Å². The van der Waals surface area contributed by atoms with E-state index in [2.05, 4.69) is 0 Å². The smallest absolute Gasteiger partial charge is 0.411 e. The number of hydrogen-bond donors (Lipinski definition) is 0. The van der Waals surface area contributed by atoms with Gasteiger partial charge >= 0.3 is 6.09 Å². The molecule has 1 fully saturated rings. The predicted octanol–water partition coefficient (Wildman–Crippen LogP) is 3.57. The summed E-state index contributed by atoms with van der Waals surface area (Å²) in [5, 5.41) is 0. The average molecular weight is 347 g/mol. The molecule has 0 spiro atoms. The topological polar surface area (TPSA) is 55.8 Å². The van der Waals surface area contributed by atoms with Gasteiger partial charge in [-0.2, -0.15) is 0 Å². The molecule has 1 aliphatic rings. The van der Waals surface area contributed by atoms with Gasteiger partial charge in [0.1, 0.15) is 23.9 Å². The standard InChI is InChI=1S/C17H27F2NO4/c1-10(2)11(18)7-8-13(21)14-15(23-6)12(19)9-20(14)16(22)24-17(3,4)5/h12,14-15H,7-9H2,1-6H3/t12-,14+,15+/m0/s1. The minimum Gasteiger partial charge on any atom is -0.444 e. The molecule has 0 aromatic rings. The van der Waals surface area contributed by atoms with Crippen molar-refractivity contribution < 1.29 is 27.8 Å². The number of Topliss-reactive ketones (excluding diaryl/α,β-unsaturated/α-hetero) is 1. The van der Waals surface area contributed by atoms with Gasteiger partial charge in [0.25, 0.3) is 0 Å². The minimum atomic E-state index is -1.50. The lowest BCUT2D eigenvalue weighted by Gasteiger charge is -2.29. The van der Waals surface area contributed by atoms with Crippen molar-refractivity contribution in [2.24, 2.45) is 0 Å². The number of methoxy groups -OCH3 is 1. The van der Waals surface area contributed by atoms with Gasteiger partial charge in [-0.25, -0.2) is 13.6 Å². The molecule has 0 N–H and O–H groups in total. The molecule has 138 valence electrons. The maximum atomic E-state index is 14.2. The monoisotopic (exact) mass is 347 g/mol. The van der Waals surface area contributed by atoms with Gasteiger partial charge in [0.05, 0.1) is 12.4 Å². The molecule has 0 aromatic heterocycles. The van der Waals surface area contributed by atoms with Crippen LogP contribution in [0.1, 0.15) is 47.5 Å². The molecule has 1 amide bonds. The number of carbonyl (C=O) groups excluding carboxylic acids is 2. The van der Waals surface area contributed by atoms with Crippen molar-refractivity contribution in [1.82, 2.24) is 4.90 Å². The van der Waals surface area contributed by atoms with E-state index in [1.54, 1.807) is 34.6 Å². The molecule has 1 aliphatic heterocycles. The molecule has 0 aromatic carbocycles. The molecule has 0 radical (unpaired) electrons. The summed E-state index contributed by atoms with van der Waals surface area (Å²) < 4.78 is 38.1. The maximum Gasteiger partial charge on any atom is 0.411 e. The van der Waals surface area contributed by atoms with Crippen molar-refractivity contribution in [3.8, 4) is 0 Å². The number of rotatable bonds is 5. The molecule has 0 saturated carbocycles. The Balaban J connectivity index is 2.92. The van der Waals surface area contributed by atoms with Gasteiger partial charge in [-0.05, 0) is 40.2 Å². The lowest BCUT2D eigenvalue weighted by Crippen LogP contribution is -2.47. The summed E-state index contributed by atoms with van der Waals surface area (Å²) >= 11 is 0. The number of likely N-dealkylation sites (tertiary alicyclic amines) is 1. The highest BCUT2D eigenvalue weighted by Crippen LogP contribution is 2.28. The minimum absolute atomic E-state index is 0.0762. The Hall–Kier alpha value is -1.50. The number of alkyl halides is 1. The third kappa shape index (κ3) is 5.26. The molecule has 0 unspecified atom stereocenters. The third-order valence-electron chi connectivity index (χ3n) is 3.74. The van der Waals surface area contributed by atoms with Crippen LogP contribution in [-0.4, -0.2) is 54.3 Å². The maximum absolute atomic E-state index is 14.2. The highest BCUT2D eigenvalue weighted by atomic mass is 19.1. The fourth-order valence-electron chi connectivity index (χ4n) is 2.55. The van der Waals surface area contributed by atoms with E-state index in [9.17, 15) is 18.4 Å².